The van der Waals surface area contributed by atoms with Gasteiger partial charge in [0, 0.05) is 9.86 Å². The maximum atomic E-state index is 5.15. The summed E-state index contributed by atoms with van der Waals surface area (Å²) in [6, 6.07) is 8.72. The first-order valence-corrected chi connectivity index (χ1v) is 3.70. The number of rotatable bonds is 0. The molecule has 0 saturated heterocycles. The molecule has 0 amide bonds. The van der Waals surface area contributed by atoms with E-state index in [0.717, 1.165) is 15.4 Å². The minimum Gasteiger partial charge on any atom is -0.464 e. The third-order valence-corrected chi connectivity index (χ3v) is 1.81. The zero-order chi connectivity index (χ0) is 6.97. The van der Waals surface area contributed by atoms with Gasteiger partial charge in [-0.2, -0.15) is 0 Å². The van der Waals surface area contributed by atoms with Gasteiger partial charge < -0.3 is 4.42 Å². The van der Waals surface area contributed by atoms with Crippen molar-refractivity contribution >= 4 is 26.9 Å². The van der Waals surface area contributed by atoms with Crippen LogP contribution in [0.15, 0.2) is 33.4 Å². The van der Waals surface area contributed by atoms with Gasteiger partial charge in [0.15, 0.2) is 0 Å². The Morgan fingerprint density at radius 2 is 2.40 bits per heavy atom. The molecule has 2 heteroatoms. The third-order valence-electron chi connectivity index (χ3n) is 1.35. The summed E-state index contributed by atoms with van der Waals surface area (Å²) >= 11 is 3.30. The van der Waals surface area contributed by atoms with Gasteiger partial charge in [0.25, 0.3) is 0 Å². The molecule has 1 radical (unpaired) electrons. The topological polar surface area (TPSA) is 13.1 Å². The average molecular weight is 196 g/mol. The molecular formula is C8H4BrO. The number of hydrogen-bond donors (Lipinski definition) is 0. The summed E-state index contributed by atoms with van der Waals surface area (Å²) in [6.45, 7) is 0. The van der Waals surface area contributed by atoms with E-state index in [2.05, 4.69) is 22.0 Å². The SMILES string of the molecule is Brc1[c]cc2ccoc2c1. The van der Waals surface area contributed by atoms with Gasteiger partial charge in [-0.05, 0) is 24.3 Å². The van der Waals surface area contributed by atoms with E-state index in [1.165, 1.54) is 0 Å². The van der Waals surface area contributed by atoms with Crippen LogP contribution in [-0.4, -0.2) is 0 Å². The molecule has 0 saturated carbocycles. The number of benzene rings is 1. The highest BCUT2D eigenvalue weighted by Crippen LogP contribution is 2.19. The van der Waals surface area contributed by atoms with Crippen molar-refractivity contribution in [2.45, 2.75) is 0 Å². The molecule has 1 nitrogen and oxygen atoms in total. The van der Waals surface area contributed by atoms with E-state index >= 15 is 0 Å². The van der Waals surface area contributed by atoms with Gasteiger partial charge in [-0.1, -0.05) is 15.9 Å². The first-order valence-electron chi connectivity index (χ1n) is 2.91. The smallest absolute Gasteiger partial charge is 0.135 e. The second kappa shape index (κ2) is 2.13. The molecule has 10 heavy (non-hydrogen) atoms. The lowest BCUT2D eigenvalue weighted by Crippen LogP contribution is -1.63. The van der Waals surface area contributed by atoms with Crippen LogP contribution in [0.1, 0.15) is 0 Å². The monoisotopic (exact) mass is 195 g/mol. The summed E-state index contributed by atoms with van der Waals surface area (Å²) < 4.78 is 6.07. The van der Waals surface area contributed by atoms with Crippen molar-refractivity contribution in [3.63, 3.8) is 0 Å². The Bertz CT molecular complexity index is 351. The van der Waals surface area contributed by atoms with Crippen LogP contribution in [0.2, 0.25) is 0 Å². The number of fused-ring (bicyclic) bond motifs is 1. The van der Waals surface area contributed by atoms with Gasteiger partial charge in [0.1, 0.15) is 5.58 Å². The molecule has 1 aromatic heterocycles. The predicted octanol–water partition coefficient (Wildman–Crippen LogP) is 3.00. The minimum absolute atomic E-state index is 0.894. The Morgan fingerprint density at radius 3 is 3.30 bits per heavy atom. The van der Waals surface area contributed by atoms with Crippen molar-refractivity contribution in [3.05, 3.63) is 35.0 Å². The Hall–Kier alpha value is -0.760. The second-order valence-corrected chi connectivity index (χ2v) is 2.88. The van der Waals surface area contributed by atoms with E-state index in [-0.39, 0.29) is 0 Å². The fourth-order valence-corrected chi connectivity index (χ4v) is 1.19. The molecule has 0 spiro atoms. The largest absolute Gasteiger partial charge is 0.464 e. The highest BCUT2D eigenvalue weighted by molar-refractivity contribution is 9.10. The summed E-state index contributed by atoms with van der Waals surface area (Å²) in [5, 5.41) is 1.09. The predicted molar refractivity (Wildman–Crippen MR) is 42.8 cm³/mol. The maximum Gasteiger partial charge on any atom is 0.135 e. The summed E-state index contributed by atoms with van der Waals surface area (Å²) in [5.74, 6) is 0. The van der Waals surface area contributed by atoms with E-state index in [4.69, 9.17) is 4.42 Å². The highest BCUT2D eigenvalue weighted by atomic mass is 79.9. The molecule has 0 atom stereocenters. The maximum absolute atomic E-state index is 5.15. The Kier molecular flexibility index (Phi) is 1.27. The zero-order valence-corrected chi connectivity index (χ0v) is 6.68. The van der Waals surface area contributed by atoms with Crippen molar-refractivity contribution in [1.29, 1.82) is 0 Å². The third kappa shape index (κ3) is 0.847. The molecule has 0 aliphatic carbocycles. The lowest BCUT2D eigenvalue weighted by atomic mass is 10.3. The van der Waals surface area contributed by atoms with Crippen molar-refractivity contribution in [2.75, 3.05) is 0 Å². The number of halogens is 1. The standard InChI is InChI=1S/C8H4BrO/c9-7-2-1-6-3-4-10-8(6)5-7/h1,3-5H. The molecule has 2 rings (SSSR count). The minimum atomic E-state index is 0.894. The van der Waals surface area contributed by atoms with Crippen LogP contribution in [-0.2, 0) is 0 Å². The molecule has 0 fully saturated rings. The Morgan fingerprint density at radius 1 is 1.50 bits per heavy atom. The number of hydrogen-bond acceptors (Lipinski definition) is 1. The van der Waals surface area contributed by atoms with E-state index in [1.807, 2.05) is 18.2 Å². The summed E-state index contributed by atoms with van der Waals surface area (Å²) in [4.78, 5) is 0. The van der Waals surface area contributed by atoms with Crippen molar-refractivity contribution in [2.24, 2.45) is 0 Å². The molecule has 0 aliphatic heterocycles. The lowest BCUT2D eigenvalue weighted by molar-refractivity contribution is 0.615. The lowest BCUT2D eigenvalue weighted by Gasteiger charge is -1.86. The average Bonchev–Trinajstić information content (AvgIpc) is 2.33. The van der Waals surface area contributed by atoms with Crippen molar-refractivity contribution in [1.82, 2.24) is 0 Å². The van der Waals surface area contributed by atoms with Crippen molar-refractivity contribution < 1.29 is 4.42 Å². The van der Waals surface area contributed by atoms with Crippen LogP contribution in [0, 0.1) is 6.07 Å². The zero-order valence-electron chi connectivity index (χ0n) is 5.10. The molecule has 0 aliphatic rings. The van der Waals surface area contributed by atoms with E-state index in [1.54, 1.807) is 6.26 Å². The first-order chi connectivity index (χ1) is 4.86. The van der Waals surface area contributed by atoms with Gasteiger partial charge >= 0.3 is 0 Å². The second-order valence-electron chi connectivity index (χ2n) is 2.02. The fourth-order valence-electron chi connectivity index (χ4n) is 0.871. The number of furan rings is 1. The molecule has 0 unspecified atom stereocenters. The molecule has 49 valence electrons. The summed E-state index contributed by atoms with van der Waals surface area (Å²) in [6.07, 6.45) is 1.67. The van der Waals surface area contributed by atoms with Crippen LogP contribution < -0.4 is 0 Å². The van der Waals surface area contributed by atoms with Crippen LogP contribution in [0.25, 0.3) is 11.0 Å². The summed E-state index contributed by atoms with van der Waals surface area (Å²) in [5.41, 5.74) is 0.894. The van der Waals surface area contributed by atoms with Crippen LogP contribution in [0.5, 0.6) is 0 Å². The summed E-state index contributed by atoms with van der Waals surface area (Å²) in [7, 11) is 0. The van der Waals surface area contributed by atoms with Gasteiger partial charge in [0.2, 0.25) is 0 Å². The first kappa shape index (κ1) is 5.98. The van der Waals surface area contributed by atoms with E-state index in [0.29, 0.717) is 0 Å². The van der Waals surface area contributed by atoms with Crippen LogP contribution in [0.3, 0.4) is 0 Å². The van der Waals surface area contributed by atoms with Crippen LogP contribution >= 0.6 is 15.9 Å². The van der Waals surface area contributed by atoms with Gasteiger partial charge in [0.05, 0.1) is 6.26 Å². The fraction of sp³-hybridized carbons (Fsp3) is 0. The van der Waals surface area contributed by atoms with Gasteiger partial charge in [-0.25, -0.2) is 0 Å². The molecule has 0 N–H and O–H groups in total. The van der Waals surface area contributed by atoms with Crippen LogP contribution in [0.4, 0.5) is 0 Å². The van der Waals surface area contributed by atoms with Gasteiger partial charge in [-0.15, -0.1) is 0 Å². The highest BCUT2D eigenvalue weighted by Gasteiger charge is 1.95. The quantitative estimate of drug-likeness (QED) is 0.631. The normalized spacial score (nSPS) is 10.5. The molecule has 0 bridgehead atoms. The molecule has 1 aromatic carbocycles. The van der Waals surface area contributed by atoms with Crippen molar-refractivity contribution in [3.8, 4) is 0 Å². The van der Waals surface area contributed by atoms with E-state index in [9.17, 15) is 0 Å². The van der Waals surface area contributed by atoms with E-state index < -0.39 is 0 Å². The Labute approximate surface area is 66.8 Å². The molecular weight excluding hydrogens is 192 g/mol. The molecule has 2 aromatic rings. The Balaban J connectivity index is 2.86. The van der Waals surface area contributed by atoms with Gasteiger partial charge in [-0.3, -0.25) is 0 Å². The molecule has 1 heterocycles.